The number of hydrogen-bond donors (Lipinski definition) is 2. The molecule has 160 valence electrons. The van der Waals surface area contributed by atoms with Gasteiger partial charge in [-0.2, -0.15) is 4.72 Å². The molecule has 0 saturated heterocycles. The summed E-state index contributed by atoms with van der Waals surface area (Å²) in [5, 5.41) is 0. The Bertz CT molecular complexity index is 1170. The number of aromatic amines is 1. The van der Waals surface area contributed by atoms with Crippen molar-refractivity contribution in [2.24, 2.45) is 5.92 Å². The van der Waals surface area contributed by atoms with E-state index < -0.39 is 22.0 Å². The fraction of sp³-hybridized carbons (Fsp3) is 0.333. The van der Waals surface area contributed by atoms with Crippen LogP contribution >= 0.6 is 0 Å². The summed E-state index contributed by atoms with van der Waals surface area (Å²) in [6.07, 6.45) is 0.420. The lowest BCUT2D eigenvalue weighted by Crippen LogP contribution is -2.45. The highest BCUT2D eigenvalue weighted by Gasteiger charge is 2.29. The number of aromatic nitrogens is 2. The van der Waals surface area contributed by atoms with Crippen molar-refractivity contribution in [1.82, 2.24) is 14.3 Å². The topological polar surface area (TPSA) is 110 Å². The third-order valence-electron chi connectivity index (χ3n) is 4.71. The van der Waals surface area contributed by atoms with Crippen LogP contribution < -0.4 is 10.4 Å². The maximum Gasteiger partial charge on any atom is 0.326 e. The van der Waals surface area contributed by atoms with Crippen LogP contribution in [0.5, 0.6) is 0 Å². The molecule has 30 heavy (non-hydrogen) atoms. The van der Waals surface area contributed by atoms with E-state index in [0.717, 1.165) is 11.0 Å². The van der Waals surface area contributed by atoms with Gasteiger partial charge in [-0.3, -0.25) is 9.36 Å². The van der Waals surface area contributed by atoms with Gasteiger partial charge in [0.05, 0.1) is 22.5 Å². The van der Waals surface area contributed by atoms with E-state index in [1.165, 1.54) is 12.1 Å². The van der Waals surface area contributed by atoms with E-state index in [0.29, 0.717) is 13.0 Å². The van der Waals surface area contributed by atoms with E-state index in [2.05, 4.69) is 9.71 Å². The van der Waals surface area contributed by atoms with Gasteiger partial charge < -0.3 is 9.72 Å². The molecule has 8 nitrogen and oxygen atoms in total. The molecule has 0 aliphatic carbocycles. The summed E-state index contributed by atoms with van der Waals surface area (Å²) in [6.45, 7) is 3.93. The maximum atomic E-state index is 12.5. The molecular weight excluding hydrogens is 406 g/mol. The summed E-state index contributed by atoms with van der Waals surface area (Å²) >= 11 is 0. The minimum atomic E-state index is -3.85. The Morgan fingerprint density at radius 3 is 2.47 bits per heavy atom. The van der Waals surface area contributed by atoms with E-state index in [-0.39, 0.29) is 23.1 Å². The first-order valence-electron chi connectivity index (χ1n) is 9.71. The molecule has 2 aromatic carbocycles. The molecule has 0 spiro atoms. The molecule has 0 amide bonds. The highest BCUT2D eigenvalue weighted by atomic mass is 32.2. The number of nitrogens with zero attached hydrogens (tertiary/aromatic N) is 1. The van der Waals surface area contributed by atoms with Crippen LogP contribution in [0.3, 0.4) is 0 Å². The largest absolute Gasteiger partial charge is 0.464 e. The molecule has 1 heterocycles. The number of esters is 1. The van der Waals surface area contributed by atoms with Gasteiger partial charge in [-0.1, -0.05) is 44.2 Å². The van der Waals surface area contributed by atoms with E-state index in [1.807, 2.05) is 24.3 Å². The second kappa shape index (κ2) is 9.27. The maximum absolute atomic E-state index is 12.5. The van der Waals surface area contributed by atoms with Gasteiger partial charge in [0.25, 0.3) is 0 Å². The molecule has 3 aromatic rings. The van der Waals surface area contributed by atoms with Crippen molar-refractivity contribution in [1.29, 1.82) is 0 Å². The van der Waals surface area contributed by atoms with Crippen LogP contribution in [0.2, 0.25) is 0 Å². The van der Waals surface area contributed by atoms with Gasteiger partial charge in [0.15, 0.2) is 0 Å². The number of ether oxygens (including phenoxy) is 1. The van der Waals surface area contributed by atoms with E-state index in [9.17, 15) is 18.0 Å². The molecule has 0 aliphatic rings. The van der Waals surface area contributed by atoms with Crippen molar-refractivity contribution >= 4 is 27.0 Å². The third kappa shape index (κ3) is 4.98. The summed E-state index contributed by atoms with van der Waals surface area (Å²) in [5.74, 6) is -0.942. The summed E-state index contributed by atoms with van der Waals surface area (Å²) in [4.78, 5) is 27.4. The first-order chi connectivity index (χ1) is 14.3. The average Bonchev–Trinajstić information content (AvgIpc) is 3.05. The first kappa shape index (κ1) is 21.8. The van der Waals surface area contributed by atoms with Crippen LogP contribution in [0, 0.1) is 5.92 Å². The molecule has 3 rings (SSSR count). The number of carbonyl (C=O) groups is 1. The van der Waals surface area contributed by atoms with Gasteiger partial charge in [0.1, 0.15) is 6.04 Å². The Kier molecular flexibility index (Phi) is 6.73. The summed E-state index contributed by atoms with van der Waals surface area (Å²) < 4.78 is 34.4. The van der Waals surface area contributed by atoms with Crippen LogP contribution in [0.4, 0.5) is 0 Å². The first-order valence-corrected chi connectivity index (χ1v) is 11.2. The number of nitrogens with one attached hydrogen (secondary N) is 2. The summed E-state index contributed by atoms with van der Waals surface area (Å²) in [7, 11) is -3.85. The molecule has 0 radical (unpaired) electrons. The van der Waals surface area contributed by atoms with Crippen molar-refractivity contribution in [3.05, 3.63) is 65.1 Å². The second-order valence-corrected chi connectivity index (χ2v) is 8.99. The lowest BCUT2D eigenvalue weighted by Gasteiger charge is -2.21. The zero-order chi connectivity index (χ0) is 21.7. The monoisotopic (exact) mass is 431 g/mol. The van der Waals surface area contributed by atoms with Gasteiger partial charge in [0.2, 0.25) is 10.0 Å². The van der Waals surface area contributed by atoms with E-state index in [1.54, 1.807) is 36.6 Å². The lowest BCUT2D eigenvalue weighted by atomic mass is 10.1. The number of aryl methyl sites for hydroxylation is 1. The van der Waals surface area contributed by atoms with Gasteiger partial charge >= 0.3 is 11.7 Å². The fourth-order valence-corrected chi connectivity index (χ4v) is 4.46. The van der Waals surface area contributed by atoms with Gasteiger partial charge in [-0.15, -0.1) is 0 Å². The molecule has 0 saturated carbocycles. The number of carbonyl (C=O) groups excluding carboxylic acids is 1. The van der Waals surface area contributed by atoms with E-state index >= 15 is 0 Å². The average molecular weight is 432 g/mol. The normalized spacial score (nSPS) is 12.9. The van der Waals surface area contributed by atoms with Gasteiger partial charge in [-0.25, -0.2) is 13.2 Å². The van der Waals surface area contributed by atoms with Gasteiger partial charge in [0, 0.05) is 6.54 Å². The van der Waals surface area contributed by atoms with Crippen molar-refractivity contribution in [2.45, 2.75) is 37.8 Å². The van der Waals surface area contributed by atoms with Crippen LogP contribution in [0.15, 0.2) is 64.3 Å². The molecule has 0 fully saturated rings. The standard InChI is InChI=1S/C21H25N3O5S/c1-15(2)19(23-30(27,28)16-9-4-3-5-10-16)20(25)29-14-8-13-24-18-12-7-6-11-17(18)22-21(24)26/h3-7,9-12,15,19,23H,8,13-14H2,1-2H3,(H,22,26)/t19-/m1/s1. The number of sulfonamides is 1. The molecular formula is C21H25N3O5S. The minimum Gasteiger partial charge on any atom is -0.464 e. The summed E-state index contributed by atoms with van der Waals surface area (Å²) in [5.41, 5.74) is 1.30. The number of rotatable bonds is 9. The van der Waals surface area contributed by atoms with Crippen molar-refractivity contribution in [3.8, 4) is 0 Å². The molecule has 2 N–H and O–H groups in total. The molecule has 0 bridgehead atoms. The Morgan fingerprint density at radius 2 is 1.77 bits per heavy atom. The Morgan fingerprint density at radius 1 is 1.10 bits per heavy atom. The third-order valence-corrected chi connectivity index (χ3v) is 6.17. The Balaban J connectivity index is 1.59. The van der Waals surface area contributed by atoms with Crippen molar-refractivity contribution in [3.63, 3.8) is 0 Å². The zero-order valence-electron chi connectivity index (χ0n) is 16.9. The number of H-pyrrole nitrogens is 1. The van der Waals surface area contributed by atoms with E-state index in [4.69, 9.17) is 4.74 Å². The van der Waals surface area contributed by atoms with Crippen molar-refractivity contribution in [2.75, 3.05) is 6.61 Å². The number of imidazole rings is 1. The SMILES string of the molecule is CC(C)[C@@H](NS(=O)(=O)c1ccccc1)C(=O)OCCCn1c(=O)[nH]c2ccccc21. The van der Waals surface area contributed by atoms with Crippen LogP contribution in [0.25, 0.3) is 11.0 Å². The minimum absolute atomic E-state index is 0.0705. The lowest BCUT2D eigenvalue weighted by molar-refractivity contribution is -0.147. The summed E-state index contributed by atoms with van der Waals surface area (Å²) in [6, 6.07) is 14.2. The predicted octanol–water partition coefficient (Wildman–Crippen LogP) is 2.27. The van der Waals surface area contributed by atoms with Gasteiger partial charge in [-0.05, 0) is 36.6 Å². The number of fused-ring (bicyclic) bond motifs is 1. The van der Waals surface area contributed by atoms with Crippen LogP contribution in [-0.2, 0) is 26.1 Å². The Hall–Kier alpha value is -2.91. The molecule has 1 aromatic heterocycles. The smallest absolute Gasteiger partial charge is 0.326 e. The highest BCUT2D eigenvalue weighted by Crippen LogP contribution is 2.13. The fourth-order valence-electron chi connectivity index (χ4n) is 3.11. The molecule has 0 aliphatic heterocycles. The molecule has 0 unspecified atom stereocenters. The number of benzene rings is 2. The van der Waals surface area contributed by atoms with Crippen molar-refractivity contribution < 1.29 is 17.9 Å². The predicted molar refractivity (Wildman–Crippen MR) is 114 cm³/mol. The zero-order valence-corrected chi connectivity index (χ0v) is 17.7. The molecule has 9 heteroatoms. The second-order valence-electron chi connectivity index (χ2n) is 7.28. The quantitative estimate of drug-likeness (QED) is 0.399. The van der Waals surface area contributed by atoms with Crippen LogP contribution in [-0.4, -0.2) is 36.6 Å². The molecule has 1 atom stereocenters. The van der Waals surface area contributed by atoms with Crippen LogP contribution in [0.1, 0.15) is 20.3 Å². The highest BCUT2D eigenvalue weighted by molar-refractivity contribution is 7.89. The number of hydrogen-bond acceptors (Lipinski definition) is 5. The Labute approximate surface area is 174 Å². The number of para-hydroxylation sites is 2.